The van der Waals surface area contributed by atoms with Crippen LogP contribution in [0.1, 0.15) is 24.6 Å². The highest BCUT2D eigenvalue weighted by atomic mass is 15.1. The third-order valence-corrected chi connectivity index (χ3v) is 3.30. The zero-order valence-electron chi connectivity index (χ0n) is 8.30. The summed E-state index contributed by atoms with van der Waals surface area (Å²) in [6, 6.07) is 0. The first kappa shape index (κ1) is 8.64. The molecule has 0 radical (unpaired) electrons. The van der Waals surface area contributed by atoms with Gasteiger partial charge >= 0.3 is 0 Å². The summed E-state index contributed by atoms with van der Waals surface area (Å²) >= 11 is 0. The first-order chi connectivity index (χ1) is 7.22. The van der Waals surface area contributed by atoms with Crippen molar-refractivity contribution < 1.29 is 0 Å². The predicted octanol–water partition coefficient (Wildman–Crippen LogP) is 0.716. The average Bonchev–Trinajstić information content (AvgIpc) is 2.76. The molecular formula is C10H13N5. The van der Waals surface area contributed by atoms with E-state index in [2.05, 4.69) is 27.1 Å². The Morgan fingerprint density at radius 1 is 1.00 bits per heavy atom. The predicted molar refractivity (Wildman–Crippen MR) is 56.7 cm³/mol. The van der Waals surface area contributed by atoms with Gasteiger partial charge in [-0.1, -0.05) is 12.2 Å². The standard InChI is InChI=1S/C10H13N5/c11-9-13-8(14-10(12)15-9)7-4-5-1-2-6(7)3-5/h1-2,5-7H,3-4H2,(H4,11,12,13,14,15)/t5-,6+,7+/m0/s1. The fraction of sp³-hybridized carbons (Fsp3) is 0.500. The first-order valence-electron chi connectivity index (χ1n) is 5.17. The molecule has 15 heavy (non-hydrogen) atoms. The number of aromatic nitrogens is 3. The van der Waals surface area contributed by atoms with Crippen LogP contribution in [-0.4, -0.2) is 15.0 Å². The van der Waals surface area contributed by atoms with Crippen LogP contribution in [0.3, 0.4) is 0 Å². The van der Waals surface area contributed by atoms with Gasteiger partial charge in [0.15, 0.2) is 0 Å². The van der Waals surface area contributed by atoms with E-state index in [0.29, 0.717) is 17.8 Å². The first-order valence-corrected chi connectivity index (χ1v) is 5.17. The molecule has 0 aromatic carbocycles. The number of rotatable bonds is 1. The molecule has 4 N–H and O–H groups in total. The second kappa shape index (κ2) is 2.92. The average molecular weight is 203 g/mol. The van der Waals surface area contributed by atoms with E-state index in [9.17, 15) is 0 Å². The van der Waals surface area contributed by atoms with Gasteiger partial charge in [-0.15, -0.1) is 0 Å². The fourth-order valence-corrected chi connectivity index (χ4v) is 2.67. The summed E-state index contributed by atoms with van der Waals surface area (Å²) in [6.07, 6.45) is 6.88. The minimum Gasteiger partial charge on any atom is -0.368 e. The molecule has 2 aliphatic carbocycles. The third kappa shape index (κ3) is 1.35. The number of hydrogen-bond donors (Lipinski definition) is 2. The van der Waals surface area contributed by atoms with E-state index in [1.165, 1.54) is 6.42 Å². The summed E-state index contributed by atoms with van der Waals surface area (Å²) < 4.78 is 0. The quantitative estimate of drug-likeness (QED) is 0.656. The van der Waals surface area contributed by atoms with Crippen LogP contribution in [0, 0.1) is 11.8 Å². The highest BCUT2D eigenvalue weighted by molar-refractivity contribution is 5.29. The van der Waals surface area contributed by atoms with Crippen LogP contribution in [0.25, 0.3) is 0 Å². The molecule has 3 rings (SSSR count). The van der Waals surface area contributed by atoms with Crippen LogP contribution < -0.4 is 11.5 Å². The minimum absolute atomic E-state index is 0.226. The van der Waals surface area contributed by atoms with Crippen LogP contribution in [0.2, 0.25) is 0 Å². The Morgan fingerprint density at radius 3 is 2.27 bits per heavy atom. The summed E-state index contributed by atoms with van der Waals surface area (Å²) in [7, 11) is 0. The van der Waals surface area contributed by atoms with Gasteiger partial charge in [0.05, 0.1) is 0 Å². The molecule has 1 heterocycles. The second-order valence-electron chi connectivity index (χ2n) is 4.30. The molecular weight excluding hydrogens is 190 g/mol. The molecule has 5 heteroatoms. The molecule has 5 nitrogen and oxygen atoms in total. The van der Waals surface area contributed by atoms with Gasteiger partial charge in [0.1, 0.15) is 5.82 Å². The Balaban J connectivity index is 1.96. The van der Waals surface area contributed by atoms with Crippen LogP contribution in [0.15, 0.2) is 12.2 Å². The van der Waals surface area contributed by atoms with E-state index in [1.54, 1.807) is 0 Å². The third-order valence-electron chi connectivity index (χ3n) is 3.30. The number of fused-ring (bicyclic) bond motifs is 2. The minimum atomic E-state index is 0.226. The number of nitrogen functional groups attached to an aromatic ring is 2. The van der Waals surface area contributed by atoms with E-state index in [-0.39, 0.29) is 11.9 Å². The molecule has 78 valence electrons. The van der Waals surface area contributed by atoms with Gasteiger partial charge < -0.3 is 11.5 Å². The summed E-state index contributed by atoms with van der Waals surface area (Å²) in [4.78, 5) is 12.1. The molecule has 1 aromatic rings. The maximum Gasteiger partial charge on any atom is 0.225 e. The molecule has 0 spiro atoms. The molecule has 2 aliphatic rings. The van der Waals surface area contributed by atoms with E-state index >= 15 is 0 Å². The van der Waals surface area contributed by atoms with Crippen molar-refractivity contribution in [2.45, 2.75) is 18.8 Å². The molecule has 1 fully saturated rings. The van der Waals surface area contributed by atoms with Crippen LogP contribution in [0.4, 0.5) is 11.9 Å². The number of nitrogens with two attached hydrogens (primary N) is 2. The van der Waals surface area contributed by atoms with Crippen molar-refractivity contribution in [3.63, 3.8) is 0 Å². The van der Waals surface area contributed by atoms with Crippen molar-refractivity contribution >= 4 is 11.9 Å². The molecule has 0 aliphatic heterocycles. The zero-order valence-corrected chi connectivity index (χ0v) is 8.30. The van der Waals surface area contributed by atoms with E-state index in [0.717, 1.165) is 12.2 Å². The highest BCUT2D eigenvalue weighted by Crippen LogP contribution is 2.47. The normalized spacial score (nSPS) is 32.4. The second-order valence-corrected chi connectivity index (χ2v) is 4.30. The number of allylic oxidation sites excluding steroid dienone is 2. The lowest BCUT2D eigenvalue weighted by molar-refractivity contribution is 0.552. The monoisotopic (exact) mass is 203 g/mol. The van der Waals surface area contributed by atoms with Gasteiger partial charge in [-0.3, -0.25) is 0 Å². The SMILES string of the molecule is Nc1nc(N)nc([C@@H]2C[C@H]3C=C[C@@H]2C3)n1. The van der Waals surface area contributed by atoms with Crippen molar-refractivity contribution in [2.75, 3.05) is 11.5 Å². The summed E-state index contributed by atoms with van der Waals surface area (Å²) in [5.74, 6) is 2.85. The van der Waals surface area contributed by atoms with Crippen LogP contribution in [-0.2, 0) is 0 Å². The van der Waals surface area contributed by atoms with Crippen molar-refractivity contribution in [3.8, 4) is 0 Å². The Morgan fingerprint density at radius 2 is 1.73 bits per heavy atom. The molecule has 0 unspecified atom stereocenters. The number of hydrogen-bond acceptors (Lipinski definition) is 5. The summed E-state index contributed by atoms with van der Waals surface area (Å²) in [5, 5.41) is 0. The lowest BCUT2D eigenvalue weighted by Gasteiger charge is -2.16. The lowest BCUT2D eigenvalue weighted by atomic mass is 9.93. The van der Waals surface area contributed by atoms with Crippen LogP contribution in [0.5, 0.6) is 0 Å². The highest BCUT2D eigenvalue weighted by Gasteiger charge is 2.38. The van der Waals surface area contributed by atoms with E-state index in [4.69, 9.17) is 11.5 Å². The molecule has 1 aromatic heterocycles. The molecule has 3 atom stereocenters. The van der Waals surface area contributed by atoms with Gasteiger partial charge in [-0.2, -0.15) is 15.0 Å². The Hall–Kier alpha value is -1.65. The molecule has 2 bridgehead atoms. The molecule has 0 amide bonds. The smallest absolute Gasteiger partial charge is 0.225 e. The van der Waals surface area contributed by atoms with E-state index < -0.39 is 0 Å². The number of anilines is 2. The Bertz CT molecular complexity index is 408. The topological polar surface area (TPSA) is 90.7 Å². The fourth-order valence-electron chi connectivity index (χ4n) is 2.67. The van der Waals surface area contributed by atoms with Crippen molar-refractivity contribution in [1.82, 2.24) is 15.0 Å². The van der Waals surface area contributed by atoms with Crippen LogP contribution >= 0.6 is 0 Å². The van der Waals surface area contributed by atoms with Gasteiger partial charge in [-0.05, 0) is 24.7 Å². The van der Waals surface area contributed by atoms with Gasteiger partial charge in [0.25, 0.3) is 0 Å². The summed E-state index contributed by atoms with van der Waals surface area (Å²) in [6.45, 7) is 0. The van der Waals surface area contributed by atoms with Gasteiger partial charge in [0, 0.05) is 5.92 Å². The maximum atomic E-state index is 5.56. The Labute approximate surface area is 87.6 Å². The Kier molecular flexibility index (Phi) is 1.68. The van der Waals surface area contributed by atoms with Gasteiger partial charge in [-0.25, -0.2) is 0 Å². The van der Waals surface area contributed by atoms with Crippen molar-refractivity contribution in [2.24, 2.45) is 11.8 Å². The lowest BCUT2D eigenvalue weighted by Crippen LogP contribution is -2.13. The number of nitrogens with zero attached hydrogens (tertiary/aromatic N) is 3. The van der Waals surface area contributed by atoms with E-state index in [1.807, 2.05) is 0 Å². The largest absolute Gasteiger partial charge is 0.368 e. The van der Waals surface area contributed by atoms with Crippen molar-refractivity contribution in [3.05, 3.63) is 18.0 Å². The molecule has 0 saturated heterocycles. The molecule has 1 saturated carbocycles. The maximum absolute atomic E-state index is 5.56. The van der Waals surface area contributed by atoms with Gasteiger partial charge in [0.2, 0.25) is 11.9 Å². The zero-order chi connectivity index (χ0) is 10.4. The van der Waals surface area contributed by atoms with Crippen molar-refractivity contribution in [1.29, 1.82) is 0 Å². The summed E-state index contributed by atoms with van der Waals surface area (Å²) in [5.41, 5.74) is 11.1.